The largest absolute Gasteiger partial charge is 0.494 e. The van der Waals surface area contributed by atoms with Crippen LogP contribution in [0, 0.1) is 11.8 Å². The average Bonchev–Trinajstić information content (AvgIpc) is 3.37. The lowest BCUT2D eigenvalue weighted by molar-refractivity contribution is -0.122. The quantitative estimate of drug-likeness (QED) is 0.588. The summed E-state index contributed by atoms with van der Waals surface area (Å²) in [6.07, 6.45) is 3.60. The summed E-state index contributed by atoms with van der Waals surface area (Å²) in [5, 5.41) is 7.30. The lowest BCUT2D eigenvalue weighted by Crippen LogP contribution is -2.32. The van der Waals surface area contributed by atoms with Gasteiger partial charge in [0.2, 0.25) is 5.91 Å². The van der Waals surface area contributed by atoms with Gasteiger partial charge in [-0.1, -0.05) is 32.3 Å². The lowest BCUT2D eigenvalue weighted by atomic mass is 9.88. The van der Waals surface area contributed by atoms with E-state index in [2.05, 4.69) is 31.2 Å². The summed E-state index contributed by atoms with van der Waals surface area (Å²) in [5.74, 6) is 1.66. The van der Waals surface area contributed by atoms with E-state index in [1.54, 1.807) is 6.26 Å². The van der Waals surface area contributed by atoms with Crippen molar-refractivity contribution in [3.63, 3.8) is 0 Å². The molecule has 0 aliphatic carbocycles. The van der Waals surface area contributed by atoms with Crippen molar-refractivity contribution in [2.45, 2.75) is 46.1 Å². The highest BCUT2D eigenvalue weighted by Crippen LogP contribution is 2.37. The molecule has 1 aliphatic heterocycles. The van der Waals surface area contributed by atoms with Crippen molar-refractivity contribution in [3.8, 4) is 5.75 Å². The van der Waals surface area contributed by atoms with E-state index in [9.17, 15) is 4.79 Å². The zero-order chi connectivity index (χ0) is 20.6. The molecular weight excluding hydrogens is 368 g/mol. The Morgan fingerprint density at radius 3 is 2.69 bits per heavy atom. The van der Waals surface area contributed by atoms with Crippen LogP contribution in [0.15, 0.2) is 52.2 Å². The Bertz CT molecular complexity index is 797. The van der Waals surface area contributed by atoms with Gasteiger partial charge in [-0.2, -0.15) is 0 Å². The number of unbranched alkanes of at least 4 members (excludes halogenated alkanes) is 1. The molecule has 29 heavy (non-hydrogen) atoms. The van der Waals surface area contributed by atoms with Crippen LogP contribution in [0.3, 0.4) is 0 Å². The van der Waals surface area contributed by atoms with Gasteiger partial charge < -0.3 is 19.3 Å². The second-order valence-electron chi connectivity index (χ2n) is 7.75. The van der Waals surface area contributed by atoms with Gasteiger partial charge in [0.25, 0.3) is 0 Å². The number of hydrogen-bond acceptors (Lipinski definition) is 5. The number of rotatable bonds is 10. The molecule has 0 radical (unpaired) electrons. The molecule has 1 aliphatic rings. The SMILES string of the molecule is CCCCOc1ccc(C2=NOC(c3ccco3)C2CC(=O)NCC(C)C)cc1. The van der Waals surface area contributed by atoms with Crippen LogP contribution in [0.5, 0.6) is 5.75 Å². The first-order chi connectivity index (χ1) is 14.1. The molecule has 0 saturated carbocycles. The fraction of sp³-hybridized carbons (Fsp3) is 0.478. The molecule has 0 saturated heterocycles. The number of hydrogen-bond donors (Lipinski definition) is 1. The Hall–Kier alpha value is -2.76. The second kappa shape index (κ2) is 10.1. The van der Waals surface area contributed by atoms with E-state index >= 15 is 0 Å². The normalized spacial score (nSPS) is 18.4. The number of carbonyl (C=O) groups is 1. The first-order valence-electron chi connectivity index (χ1n) is 10.4. The summed E-state index contributed by atoms with van der Waals surface area (Å²) in [6.45, 7) is 7.63. The Kier molecular flexibility index (Phi) is 7.33. The summed E-state index contributed by atoms with van der Waals surface area (Å²) in [5.41, 5.74) is 1.68. The molecule has 156 valence electrons. The van der Waals surface area contributed by atoms with E-state index in [1.165, 1.54) is 0 Å². The van der Waals surface area contributed by atoms with Gasteiger partial charge in [0, 0.05) is 18.5 Å². The second-order valence-corrected chi connectivity index (χ2v) is 7.75. The predicted octanol–water partition coefficient (Wildman–Crippen LogP) is 4.71. The van der Waals surface area contributed by atoms with E-state index in [1.807, 2.05) is 36.4 Å². The molecule has 0 bridgehead atoms. The average molecular weight is 399 g/mol. The third kappa shape index (κ3) is 5.62. The summed E-state index contributed by atoms with van der Waals surface area (Å²) < 4.78 is 11.3. The van der Waals surface area contributed by atoms with Crippen LogP contribution in [0.4, 0.5) is 0 Å². The lowest BCUT2D eigenvalue weighted by Gasteiger charge is -2.18. The topological polar surface area (TPSA) is 73.1 Å². The summed E-state index contributed by atoms with van der Waals surface area (Å²) in [7, 11) is 0. The smallest absolute Gasteiger partial charge is 0.220 e. The molecule has 2 unspecified atom stereocenters. The van der Waals surface area contributed by atoms with Gasteiger partial charge in [-0.25, -0.2) is 0 Å². The molecule has 1 amide bonds. The standard InChI is InChI=1S/C23H30N2O4/c1-4-5-12-27-18-10-8-17(9-11-18)22-19(14-21(26)24-15-16(2)3)23(29-25-22)20-7-6-13-28-20/h6-11,13,16,19,23H,4-5,12,14-15H2,1-3H3,(H,24,26). The zero-order valence-electron chi connectivity index (χ0n) is 17.4. The molecule has 2 heterocycles. The van der Waals surface area contributed by atoms with Gasteiger partial charge in [-0.15, -0.1) is 0 Å². The zero-order valence-corrected chi connectivity index (χ0v) is 17.4. The fourth-order valence-electron chi connectivity index (χ4n) is 3.22. The van der Waals surface area contributed by atoms with Crippen LogP contribution in [0.2, 0.25) is 0 Å². The molecule has 2 atom stereocenters. The highest BCUT2D eigenvalue weighted by Gasteiger charge is 2.39. The molecule has 1 aromatic carbocycles. The molecule has 0 spiro atoms. The van der Waals surface area contributed by atoms with E-state index in [4.69, 9.17) is 14.0 Å². The third-order valence-corrected chi connectivity index (χ3v) is 4.83. The highest BCUT2D eigenvalue weighted by molar-refractivity contribution is 6.04. The number of oxime groups is 1. The van der Waals surface area contributed by atoms with Crippen molar-refractivity contribution >= 4 is 11.6 Å². The maximum Gasteiger partial charge on any atom is 0.220 e. The first-order valence-corrected chi connectivity index (χ1v) is 10.4. The van der Waals surface area contributed by atoms with Crippen molar-refractivity contribution in [3.05, 3.63) is 54.0 Å². The van der Waals surface area contributed by atoms with E-state index in [0.29, 0.717) is 24.8 Å². The van der Waals surface area contributed by atoms with Crippen LogP contribution in [-0.2, 0) is 9.63 Å². The van der Waals surface area contributed by atoms with Crippen LogP contribution in [-0.4, -0.2) is 24.8 Å². The number of carbonyl (C=O) groups excluding carboxylic acids is 1. The van der Waals surface area contributed by atoms with Crippen LogP contribution < -0.4 is 10.1 Å². The number of nitrogens with one attached hydrogen (secondary N) is 1. The molecule has 3 rings (SSSR count). The number of nitrogens with zero attached hydrogens (tertiary/aromatic N) is 1. The fourth-order valence-corrected chi connectivity index (χ4v) is 3.22. The molecule has 6 heteroatoms. The van der Waals surface area contributed by atoms with Crippen molar-refractivity contribution < 1.29 is 18.8 Å². The number of benzene rings is 1. The van der Waals surface area contributed by atoms with Crippen molar-refractivity contribution in [2.75, 3.05) is 13.2 Å². The molecule has 1 N–H and O–H groups in total. The van der Waals surface area contributed by atoms with E-state index in [0.717, 1.165) is 29.9 Å². The van der Waals surface area contributed by atoms with Crippen LogP contribution in [0.25, 0.3) is 0 Å². The maximum absolute atomic E-state index is 12.5. The molecule has 6 nitrogen and oxygen atoms in total. The Balaban J connectivity index is 1.74. The van der Waals surface area contributed by atoms with Gasteiger partial charge in [0.1, 0.15) is 11.5 Å². The van der Waals surface area contributed by atoms with Gasteiger partial charge >= 0.3 is 0 Å². The Morgan fingerprint density at radius 2 is 2.03 bits per heavy atom. The van der Waals surface area contributed by atoms with Crippen molar-refractivity contribution in [1.82, 2.24) is 5.32 Å². The number of ether oxygens (including phenoxy) is 1. The minimum absolute atomic E-state index is 0.0158. The van der Waals surface area contributed by atoms with Crippen LogP contribution in [0.1, 0.15) is 57.5 Å². The Morgan fingerprint density at radius 1 is 1.24 bits per heavy atom. The van der Waals surface area contributed by atoms with Gasteiger partial charge in [0.05, 0.1) is 24.5 Å². The number of furan rings is 1. The van der Waals surface area contributed by atoms with Gasteiger partial charge in [-0.3, -0.25) is 4.79 Å². The number of amides is 1. The molecule has 2 aromatic rings. The molecule has 1 aromatic heterocycles. The molecule has 0 fully saturated rings. The minimum atomic E-state index is -0.412. The minimum Gasteiger partial charge on any atom is -0.494 e. The third-order valence-electron chi connectivity index (χ3n) is 4.83. The van der Waals surface area contributed by atoms with Crippen molar-refractivity contribution in [2.24, 2.45) is 17.0 Å². The van der Waals surface area contributed by atoms with Gasteiger partial charge in [-0.05, 0) is 48.7 Å². The van der Waals surface area contributed by atoms with Crippen molar-refractivity contribution in [1.29, 1.82) is 0 Å². The van der Waals surface area contributed by atoms with E-state index < -0.39 is 6.10 Å². The van der Waals surface area contributed by atoms with E-state index in [-0.39, 0.29) is 18.2 Å². The summed E-state index contributed by atoms with van der Waals surface area (Å²) in [4.78, 5) is 18.2. The first kappa shape index (κ1) is 21.0. The van der Waals surface area contributed by atoms with Gasteiger partial charge in [0.15, 0.2) is 6.10 Å². The molecular formula is C23H30N2O4. The summed E-state index contributed by atoms with van der Waals surface area (Å²) >= 11 is 0. The highest BCUT2D eigenvalue weighted by atomic mass is 16.6. The predicted molar refractivity (Wildman–Crippen MR) is 112 cm³/mol. The Labute approximate surface area is 172 Å². The van der Waals surface area contributed by atoms with Crippen LogP contribution >= 0.6 is 0 Å². The maximum atomic E-state index is 12.5. The summed E-state index contributed by atoms with van der Waals surface area (Å²) in [6, 6.07) is 11.5. The monoisotopic (exact) mass is 398 g/mol.